The number of benzene rings is 1. The van der Waals surface area contributed by atoms with Crippen LogP contribution in [0.5, 0.6) is 11.5 Å². The molecule has 0 fully saturated rings. The quantitative estimate of drug-likeness (QED) is 0.740. The largest absolute Gasteiger partial charge is 0.504 e. The van der Waals surface area contributed by atoms with E-state index in [1.807, 2.05) is 6.07 Å². The van der Waals surface area contributed by atoms with Crippen LogP contribution in [0.2, 0.25) is 0 Å². The summed E-state index contributed by atoms with van der Waals surface area (Å²) < 4.78 is 6.25. The minimum atomic E-state index is 0.235. The second kappa shape index (κ2) is 2.98. The molecule has 1 heterocycles. The molecule has 0 atom stereocenters. The van der Waals surface area contributed by atoms with Crippen LogP contribution in [0, 0.1) is 0 Å². The smallest absolute Gasteiger partial charge is 0.164 e. The number of phenols is 1. The summed E-state index contributed by atoms with van der Waals surface area (Å²) in [4.78, 5) is 0. The highest BCUT2D eigenvalue weighted by molar-refractivity contribution is 9.10. The van der Waals surface area contributed by atoms with Gasteiger partial charge in [-0.15, -0.1) is 0 Å². The van der Waals surface area contributed by atoms with Gasteiger partial charge in [-0.1, -0.05) is 15.9 Å². The molecule has 1 N–H and O–H groups in total. The van der Waals surface area contributed by atoms with Gasteiger partial charge in [0.25, 0.3) is 0 Å². The Bertz CT molecular complexity index is 310. The van der Waals surface area contributed by atoms with Crippen LogP contribution < -0.4 is 4.74 Å². The molecule has 0 aliphatic carbocycles. The highest BCUT2D eigenvalue weighted by Gasteiger charge is 2.14. The van der Waals surface area contributed by atoms with E-state index in [-0.39, 0.29) is 5.75 Å². The molecule has 0 spiro atoms. The molecule has 1 aliphatic heterocycles. The minimum absolute atomic E-state index is 0.235. The van der Waals surface area contributed by atoms with Gasteiger partial charge in [0, 0.05) is 4.47 Å². The van der Waals surface area contributed by atoms with Crippen LogP contribution in [0.1, 0.15) is 12.0 Å². The maximum absolute atomic E-state index is 9.48. The summed E-state index contributed by atoms with van der Waals surface area (Å²) in [5.74, 6) is 0.892. The van der Waals surface area contributed by atoms with Gasteiger partial charge in [-0.25, -0.2) is 0 Å². The molecule has 0 saturated heterocycles. The van der Waals surface area contributed by atoms with Crippen molar-refractivity contribution in [3.63, 3.8) is 0 Å². The van der Waals surface area contributed by atoms with Crippen LogP contribution in [-0.4, -0.2) is 11.7 Å². The summed E-state index contributed by atoms with van der Waals surface area (Å²) in [6.45, 7) is 0.711. The number of rotatable bonds is 0. The number of phenolic OH excluding ortho intramolecular Hbond substituents is 1. The summed E-state index contributed by atoms with van der Waals surface area (Å²) in [6.07, 6.45) is 2.02. The lowest BCUT2D eigenvalue weighted by Crippen LogP contribution is -2.08. The SMILES string of the molecule is Oc1cc(Br)cc2c1OCCC2. The van der Waals surface area contributed by atoms with E-state index in [4.69, 9.17) is 4.74 Å². The highest BCUT2D eigenvalue weighted by atomic mass is 79.9. The molecule has 12 heavy (non-hydrogen) atoms. The number of aromatic hydroxyl groups is 1. The highest BCUT2D eigenvalue weighted by Crippen LogP contribution is 2.36. The third kappa shape index (κ3) is 1.29. The Balaban J connectivity index is 2.53. The normalized spacial score (nSPS) is 15.1. The first-order valence-electron chi connectivity index (χ1n) is 3.91. The number of fused-ring (bicyclic) bond motifs is 1. The van der Waals surface area contributed by atoms with Gasteiger partial charge in [0.2, 0.25) is 0 Å². The molecule has 64 valence electrons. The fourth-order valence-electron chi connectivity index (χ4n) is 1.42. The topological polar surface area (TPSA) is 29.5 Å². The van der Waals surface area contributed by atoms with E-state index in [9.17, 15) is 5.11 Å². The van der Waals surface area contributed by atoms with Crippen LogP contribution in [0.3, 0.4) is 0 Å². The number of hydrogen-bond acceptors (Lipinski definition) is 2. The zero-order valence-electron chi connectivity index (χ0n) is 6.51. The van der Waals surface area contributed by atoms with Crippen molar-refractivity contribution in [2.75, 3.05) is 6.61 Å². The molecule has 0 radical (unpaired) electrons. The molecule has 1 aromatic rings. The molecule has 0 aromatic heterocycles. The van der Waals surface area contributed by atoms with Crippen molar-refractivity contribution < 1.29 is 9.84 Å². The summed E-state index contributed by atoms with van der Waals surface area (Å²) in [5, 5.41) is 9.48. The van der Waals surface area contributed by atoms with Gasteiger partial charge in [-0.2, -0.15) is 0 Å². The zero-order chi connectivity index (χ0) is 8.55. The lowest BCUT2D eigenvalue weighted by atomic mass is 10.1. The van der Waals surface area contributed by atoms with Gasteiger partial charge in [-0.3, -0.25) is 0 Å². The van der Waals surface area contributed by atoms with Crippen molar-refractivity contribution in [1.29, 1.82) is 0 Å². The fourth-order valence-corrected chi connectivity index (χ4v) is 1.92. The van der Waals surface area contributed by atoms with Crippen LogP contribution in [-0.2, 0) is 6.42 Å². The van der Waals surface area contributed by atoms with E-state index in [0.717, 1.165) is 22.9 Å². The molecular weight excluding hydrogens is 220 g/mol. The minimum Gasteiger partial charge on any atom is -0.504 e. The summed E-state index contributed by atoms with van der Waals surface area (Å²) in [7, 11) is 0. The van der Waals surface area contributed by atoms with Gasteiger partial charge in [0.05, 0.1) is 6.61 Å². The Kier molecular flexibility index (Phi) is 1.97. The number of halogens is 1. The maximum atomic E-state index is 9.48. The Hall–Kier alpha value is -0.700. The Morgan fingerprint density at radius 2 is 2.25 bits per heavy atom. The van der Waals surface area contributed by atoms with E-state index in [0.29, 0.717) is 12.4 Å². The number of hydrogen-bond donors (Lipinski definition) is 1. The molecule has 3 heteroatoms. The molecule has 0 unspecified atom stereocenters. The standard InChI is InChI=1S/C9H9BrO2/c10-7-4-6-2-1-3-12-9(6)8(11)5-7/h4-5,11H,1-3H2. The Labute approximate surface area is 79.3 Å². The van der Waals surface area contributed by atoms with Crippen molar-refractivity contribution in [3.05, 3.63) is 22.2 Å². The van der Waals surface area contributed by atoms with Crippen molar-refractivity contribution in [2.45, 2.75) is 12.8 Å². The van der Waals surface area contributed by atoms with Crippen LogP contribution in [0.25, 0.3) is 0 Å². The summed E-state index contributed by atoms with van der Waals surface area (Å²) in [5.41, 5.74) is 1.09. The lowest BCUT2D eigenvalue weighted by molar-refractivity contribution is 0.272. The van der Waals surface area contributed by atoms with E-state index in [2.05, 4.69) is 15.9 Å². The molecular formula is C9H9BrO2. The van der Waals surface area contributed by atoms with Crippen molar-refractivity contribution in [1.82, 2.24) is 0 Å². The predicted octanol–water partition coefficient (Wildman–Crippen LogP) is 2.48. The van der Waals surface area contributed by atoms with Crippen molar-refractivity contribution in [3.8, 4) is 11.5 Å². The van der Waals surface area contributed by atoms with Crippen LogP contribution >= 0.6 is 15.9 Å². The molecule has 0 bridgehead atoms. The fraction of sp³-hybridized carbons (Fsp3) is 0.333. The lowest BCUT2D eigenvalue weighted by Gasteiger charge is -2.18. The molecule has 0 amide bonds. The van der Waals surface area contributed by atoms with Crippen LogP contribution in [0.4, 0.5) is 0 Å². The van der Waals surface area contributed by atoms with Crippen LogP contribution in [0.15, 0.2) is 16.6 Å². The van der Waals surface area contributed by atoms with Gasteiger partial charge >= 0.3 is 0 Å². The third-order valence-electron chi connectivity index (χ3n) is 1.95. The first-order chi connectivity index (χ1) is 5.77. The monoisotopic (exact) mass is 228 g/mol. The number of aryl methyl sites for hydroxylation is 1. The molecule has 1 aliphatic rings. The van der Waals surface area contributed by atoms with Crippen molar-refractivity contribution in [2.24, 2.45) is 0 Å². The van der Waals surface area contributed by atoms with Crippen molar-refractivity contribution >= 4 is 15.9 Å². The van der Waals surface area contributed by atoms with E-state index in [1.165, 1.54) is 0 Å². The Morgan fingerprint density at radius 1 is 1.42 bits per heavy atom. The van der Waals surface area contributed by atoms with Gasteiger partial charge in [-0.05, 0) is 30.5 Å². The second-order valence-corrected chi connectivity index (χ2v) is 3.78. The first kappa shape index (κ1) is 7.92. The summed E-state index contributed by atoms with van der Waals surface area (Å²) >= 11 is 3.33. The first-order valence-corrected chi connectivity index (χ1v) is 4.71. The Morgan fingerprint density at radius 3 is 3.08 bits per heavy atom. The van der Waals surface area contributed by atoms with E-state index in [1.54, 1.807) is 6.07 Å². The van der Waals surface area contributed by atoms with Gasteiger partial charge in [0.1, 0.15) is 0 Å². The zero-order valence-corrected chi connectivity index (χ0v) is 8.10. The van der Waals surface area contributed by atoms with E-state index >= 15 is 0 Å². The average molecular weight is 229 g/mol. The molecule has 2 rings (SSSR count). The molecule has 2 nitrogen and oxygen atoms in total. The summed E-state index contributed by atoms with van der Waals surface area (Å²) in [6, 6.07) is 3.65. The number of ether oxygens (including phenoxy) is 1. The second-order valence-electron chi connectivity index (χ2n) is 2.87. The average Bonchev–Trinajstić information content (AvgIpc) is 2.04. The van der Waals surface area contributed by atoms with Gasteiger partial charge in [0.15, 0.2) is 11.5 Å². The molecule has 1 aromatic carbocycles. The third-order valence-corrected chi connectivity index (χ3v) is 2.41. The molecule has 0 saturated carbocycles. The maximum Gasteiger partial charge on any atom is 0.164 e. The van der Waals surface area contributed by atoms with E-state index < -0.39 is 0 Å². The predicted molar refractivity (Wildman–Crippen MR) is 49.6 cm³/mol. The van der Waals surface area contributed by atoms with Gasteiger partial charge < -0.3 is 9.84 Å².